The molecule has 50 heavy (non-hydrogen) atoms. The maximum Gasteiger partial charge on any atom is 0.343 e. The average molecular weight is 673 g/mol. The van der Waals surface area contributed by atoms with Crippen LogP contribution in [0.25, 0.3) is 0 Å². The molecule has 0 unspecified atom stereocenters. The highest BCUT2D eigenvalue weighted by Crippen LogP contribution is 2.67. The number of ketones is 1. The summed E-state index contributed by atoms with van der Waals surface area (Å²) in [5.41, 5.74) is 5.66. The Labute approximate surface area is 299 Å². The molecule has 0 N–H and O–H groups in total. The zero-order valence-electron chi connectivity index (χ0n) is 30.7. The number of Topliss-reactive ketones (excluding diaryl/α,β-unsaturated/α-hetero) is 1. The molecule has 264 valence electrons. The van der Waals surface area contributed by atoms with E-state index in [9.17, 15) is 9.59 Å². The Morgan fingerprint density at radius 3 is 2.36 bits per heavy atom. The molecule has 7 aliphatic carbocycles. The van der Waals surface area contributed by atoms with Crippen LogP contribution < -0.4 is 4.74 Å². The van der Waals surface area contributed by atoms with Crippen molar-refractivity contribution in [3.8, 4) is 5.75 Å². The first-order valence-corrected chi connectivity index (χ1v) is 20.1. The summed E-state index contributed by atoms with van der Waals surface area (Å²) >= 11 is 0. The first-order chi connectivity index (χ1) is 24.1. The second kappa shape index (κ2) is 12.0. The minimum absolute atomic E-state index is 0.210. The fourth-order valence-electron chi connectivity index (χ4n) is 13.8. The molecule has 0 spiro atoms. The van der Waals surface area contributed by atoms with E-state index >= 15 is 0 Å². The van der Waals surface area contributed by atoms with Gasteiger partial charge in [-0.1, -0.05) is 51.1 Å². The summed E-state index contributed by atoms with van der Waals surface area (Å²) in [5, 5.41) is 0. The smallest absolute Gasteiger partial charge is 0.343 e. The predicted octanol–water partition coefficient (Wildman–Crippen LogP) is 10.8. The number of allylic oxidation sites excluding steroid dienone is 4. The third-order valence-corrected chi connectivity index (χ3v) is 16.3. The Hall–Kier alpha value is -3.14. The number of carbonyl (C=O) groups excluding carboxylic acids is 2. The summed E-state index contributed by atoms with van der Waals surface area (Å²) in [6, 6.07) is 15.7. The quantitative estimate of drug-likeness (QED) is 0.234. The molecule has 0 radical (unpaired) electrons. The Morgan fingerprint density at radius 2 is 1.54 bits per heavy atom. The van der Waals surface area contributed by atoms with Crippen LogP contribution in [0, 0.1) is 51.8 Å². The van der Waals surface area contributed by atoms with Gasteiger partial charge in [0.15, 0.2) is 0 Å². The van der Waals surface area contributed by atoms with Gasteiger partial charge in [0.2, 0.25) is 0 Å². The lowest BCUT2D eigenvalue weighted by molar-refractivity contribution is -0.127. The van der Waals surface area contributed by atoms with Crippen LogP contribution in [0.15, 0.2) is 72.0 Å². The van der Waals surface area contributed by atoms with E-state index in [1.165, 1.54) is 81.1 Å². The highest BCUT2D eigenvalue weighted by Gasteiger charge is 2.60. The van der Waals surface area contributed by atoms with Crippen LogP contribution in [0.2, 0.25) is 0 Å². The first-order valence-electron chi connectivity index (χ1n) is 20.1. The van der Waals surface area contributed by atoms with E-state index in [0.717, 1.165) is 31.1 Å². The summed E-state index contributed by atoms with van der Waals surface area (Å²) in [4.78, 5) is 25.3. The molecule has 0 bridgehead atoms. The number of fused-ring (bicyclic) bond motifs is 10. The Kier molecular flexibility index (Phi) is 7.83. The molecular weight excluding hydrogens is 617 g/mol. The van der Waals surface area contributed by atoms with Crippen LogP contribution >= 0.6 is 0 Å². The minimum Gasteiger partial charge on any atom is -0.494 e. The summed E-state index contributed by atoms with van der Waals surface area (Å²) < 4.78 is 12.9. The van der Waals surface area contributed by atoms with Crippen molar-refractivity contribution >= 4 is 11.8 Å². The van der Waals surface area contributed by atoms with Gasteiger partial charge in [-0.05, 0) is 177 Å². The largest absolute Gasteiger partial charge is 0.494 e. The molecule has 0 heterocycles. The maximum absolute atomic E-state index is 12.7. The lowest BCUT2D eigenvalue weighted by Gasteiger charge is -2.57. The third-order valence-electron chi connectivity index (χ3n) is 16.3. The molecule has 0 aromatic heterocycles. The van der Waals surface area contributed by atoms with Gasteiger partial charge >= 0.3 is 5.97 Å². The number of benzene rings is 2. The summed E-state index contributed by atoms with van der Waals surface area (Å²) in [6.45, 7) is 9.42. The van der Waals surface area contributed by atoms with Gasteiger partial charge in [0.25, 0.3) is 0 Å². The standard InChI is InChI=1S/C46H56O4/c1-28(47)38-16-17-40-37-14-11-31-27-33(20-23-44(31,2)41(37)22-25-45(38,40)3)49-42-19-18-39-36-13-10-30-26-32(50-43(48)29-8-6-5-7-9-29)12-15-34(30)35(36)21-24-46(39,42)4/h5-9,11-12,15,26-27,35-42H,10,13-14,16-25H2,1-4H3/t35-,36-,37+,38-,39+,40+,41+,42+,44+,45-,46+/m1/s1. The van der Waals surface area contributed by atoms with E-state index in [2.05, 4.69) is 45.1 Å². The molecule has 2 aromatic carbocycles. The minimum atomic E-state index is -0.291. The fourth-order valence-corrected chi connectivity index (χ4v) is 13.8. The predicted molar refractivity (Wildman–Crippen MR) is 197 cm³/mol. The Bertz CT molecular complexity index is 1750. The van der Waals surface area contributed by atoms with Gasteiger partial charge in [0.05, 0.1) is 11.3 Å². The second-order valence-electron chi connectivity index (χ2n) is 18.3. The van der Waals surface area contributed by atoms with Crippen molar-refractivity contribution in [2.45, 2.75) is 123 Å². The number of rotatable bonds is 5. The average Bonchev–Trinajstić information content (AvgIpc) is 3.65. The van der Waals surface area contributed by atoms with Gasteiger partial charge in [-0.3, -0.25) is 4.79 Å². The summed E-state index contributed by atoms with van der Waals surface area (Å²) in [5.74, 6) is 6.45. The van der Waals surface area contributed by atoms with Crippen molar-refractivity contribution < 1.29 is 19.1 Å². The van der Waals surface area contributed by atoms with Crippen LogP contribution in [0.1, 0.15) is 132 Å². The molecule has 0 aliphatic heterocycles. The normalized spacial score (nSPS) is 41.2. The van der Waals surface area contributed by atoms with E-state index in [0.29, 0.717) is 46.9 Å². The Balaban J connectivity index is 0.882. The van der Waals surface area contributed by atoms with Crippen LogP contribution in [-0.4, -0.2) is 17.9 Å². The second-order valence-corrected chi connectivity index (χ2v) is 18.3. The third kappa shape index (κ3) is 4.96. The van der Waals surface area contributed by atoms with Crippen molar-refractivity contribution in [1.29, 1.82) is 0 Å². The summed E-state index contributed by atoms with van der Waals surface area (Å²) in [6.07, 6.45) is 20.8. The highest BCUT2D eigenvalue weighted by atomic mass is 16.5. The summed E-state index contributed by atoms with van der Waals surface area (Å²) in [7, 11) is 0. The molecule has 0 amide bonds. The van der Waals surface area contributed by atoms with Crippen molar-refractivity contribution in [3.63, 3.8) is 0 Å². The zero-order valence-corrected chi connectivity index (χ0v) is 30.7. The van der Waals surface area contributed by atoms with Crippen LogP contribution in [0.5, 0.6) is 5.75 Å². The number of ether oxygens (including phenoxy) is 2. The van der Waals surface area contributed by atoms with Crippen molar-refractivity contribution in [1.82, 2.24) is 0 Å². The van der Waals surface area contributed by atoms with E-state index in [-0.39, 0.29) is 28.1 Å². The van der Waals surface area contributed by atoms with Gasteiger partial charge in [-0.25, -0.2) is 4.79 Å². The van der Waals surface area contributed by atoms with Gasteiger partial charge in [-0.2, -0.15) is 0 Å². The molecule has 4 saturated carbocycles. The molecule has 0 saturated heterocycles. The van der Waals surface area contributed by atoms with Crippen LogP contribution in [0.3, 0.4) is 0 Å². The number of esters is 1. The number of hydrogen-bond donors (Lipinski definition) is 0. The lowest BCUT2D eigenvalue weighted by Crippen LogP contribution is -2.50. The number of aryl methyl sites for hydroxylation is 1. The number of hydrogen-bond acceptors (Lipinski definition) is 4. The topological polar surface area (TPSA) is 52.6 Å². The molecule has 2 aromatic rings. The molecule has 9 rings (SSSR count). The zero-order chi connectivity index (χ0) is 34.4. The maximum atomic E-state index is 12.7. The molecule has 4 heteroatoms. The SMILES string of the molecule is CC(=O)[C@H]1CC[C@H]2[C@@H]3CC=C4C=C(O[C@H]5CC[C@H]6[C@@H]7CCc8cc(OC(=O)c9ccccc9)ccc8[C@H]7CC[C@]56C)CC[C@]4(C)[C@H]3CC[C@]12C. The van der Waals surface area contributed by atoms with Crippen molar-refractivity contribution in [3.05, 3.63) is 88.7 Å². The molecule has 11 atom stereocenters. The van der Waals surface area contributed by atoms with E-state index in [1.807, 2.05) is 31.2 Å². The molecule has 7 aliphatic rings. The monoisotopic (exact) mass is 672 g/mol. The van der Waals surface area contributed by atoms with Gasteiger partial charge in [0, 0.05) is 17.8 Å². The van der Waals surface area contributed by atoms with Crippen LogP contribution in [0.4, 0.5) is 0 Å². The molecule has 4 nitrogen and oxygen atoms in total. The van der Waals surface area contributed by atoms with E-state index < -0.39 is 0 Å². The van der Waals surface area contributed by atoms with E-state index in [4.69, 9.17) is 9.47 Å². The lowest BCUT2D eigenvalue weighted by atomic mass is 9.48. The first kappa shape index (κ1) is 32.7. The highest BCUT2D eigenvalue weighted by molar-refractivity contribution is 5.91. The van der Waals surface area contributed by atoms with Gasteiger partial charge < -0.3 is 9.47 Å². The fraction of sp³-hybridized carbons (Fsp3) is 0.609. The van der Waals surface area contributed by atoms with Gasteiger partial charge in [-0.15, -0.1) is 0 Å². The van der Waals surface area contributed by atoms with Crippen molar-refractivity contribution in [2.75, 3.05) is 0 Å². The molecule has 4 fully saturated rings. The number of carbonyl (C=O) groups is 2. The molecular formula is C46H56O4. The Morgan fingerprint density at radius 1 is 0.760 bits per heavy atom. The van der Waals surface area contributed by atoms with Crippen molar-refractivity contribution in [2.24, 2.45) is 51.8 Å². The van der Waals surface area contributed by atoms with Gasteiger partial charge in [0.1, 0.15) is 17.6 Å². The van der Waals surface area contributed by atoms with E-state index in [1.54, 1.807) is 17.7 Å². The van der Waals surface area contributed by atoms with Crippen LogP contribution in [-0.2, 0) is 16.0 Å².